The van der Waals surface area contributed by atoms with Crippen LogP contribution in [0.3, 0.4) is 0 Å². The van der Waals surface area contributed by atoms with Crippen LogP contribution in [0.5, 0.6) is 0 Å². The largest absolute Gasteiger partial charge is 0.366 e. The second kappa shape index (κ2) is 2.82. The summed E-state index contributed by atoms with van der Waals surface area (Å²) >= 11 is 0. The lowest BCUT2D eigenvalue weighted by Crippen LogP contribution is -2.24. The molecule has 0 heterocycles. The maximum absolute atomic E-state index is 10.7. The number of benzene rings is 1. The summed E-state index contributed by atoms with van der Waals surface area (Å²) < 4.78 is 0. The molecule has 0 saturated heterocycles. The molecule has 0 unspecified atom stereocenters. The lowest BCUT2D eigenvalue weighted by Gasteiger charge is -2.01. The van der Waals surface area contributed by atoms with Crippen molar-refractivity contribution in [2.24, 2.45) is 5.73 Å². The fourth-order valence-electron chi connectivity index (χ4n) is 0.787. The molecular formula is C7H5B2NO. The molecule has 4 radical (unpaired) electrons. The normalized spacial score (nSPS) is 9.45. The summed E-state index contributed by atoms with van der Waals surface area (Å²) in [5.41, 5.74) is 6.11. The molecule has 0 aliphatic heterocycles. The molecule has 0 bridgehead atoms. The Morgan fingerprint density at radius 2 is 2.00 bits per heavy atom. The van der Waals surface area contributed by atoms with Gasteiger partial charge in [-0.3, -0.25) is 4.79 Å². The van der Waals surface area contributed by atoms with Crippen molar-refractivity contribution in [2.75, 3.05) is 0 Å². The first-order chi connectivity index (χ1) is 5.11. The maximum Gasteiger partial charge on any atom is 0.248 e. The van der Waals surface area contributed by atoms with Crippen LogP contribution in [0.1, 0.15) is 10.4 Å². The van der Waals surface area contributed by atoms with Gasteiger partial charge in [0.2, 0.25) is 5.91 Å². The van der Waals surface area contributed by atoms with Crippen molar-refractivity contribution in [1.82, 2.24) is 0 Å². The molecule has 1 amide bonds. The Morgan fingerprint density at radius 1 is 1.36 bits per heavy atom. The first-order valence-corrected chi connectivity index (χ1v) is 3.06. The van der Waals surface area contributed by atoms with Crippen LogP contribution in [0.25, 0.3) is 0 Å². The van der Waals surface area contributed by atoms with E-state index in [4.69, 9.17) is 21.4 Å². The zero-order valence-electron chi connectivity index (χ0n) is 5.87. The van der Waals surface area contributed by atoms with Crippen molar-refractivity contribution in [3.63, 3.8) is 0 Å². The monoisotopic (exact) mass is 141 g/mol. The predicted octanol–water partition coefficient (Wildman–Crippen LogP) is -1.63. The molecule has 0 aliphatic carbocycles. The van der Waals surface area contributed by atoms with Gasteiger partial charge in [0.05, 0.1) is 0 Å². The number of nitrogens with two attached hydrogens (primary N) is 1. The number of carbonyl (C=O) groups excluding carboxylic acids is 1. The van der Waals surface area contributed by atoms with Crippen LogP contribution in [0.2, 0.25) is 0 Å². The average molecular weight is 141 g/mol. The summed E-state index contributed by atoms with van der Waals surface area (Å²) in [5.74, 6) is -0.560. The van der Waals surface area contributed by atoms with Crippen LogP contribution in [0.4, 0.5) is 0 Å². The van der Waals surface area contributed by atoms with Crippen molar-refractivity contribution >= 4 is 32.5 Å². The zero-order chi connectivity index (χ0) is 8.43. The van der Waals surface area contributed by atoms with E-state index in [0.29, 0.717) is 10.9 Å². The summed E-state index contributed by atoms with van der Waals surface area (Å²) in [5, 5.41) is 0. The number of carbonyl (C=O) groups is 1. The smallest absolute Gasteiger partial charge is 0.248 e. The number of primary amides is 1. The standard InChI is InChI=1S/C7H5B2NO/c8-4-1-2-6(9)5(3-4)7(10)11/h1-3H,(H2,10,11). The van der Waals surface area contributed by atoms with Crippen molar-refractivity contribution in [3.8, 4) is 0 Å². The topological polar surface area (TPSA) is 43.1 Å². The highest BCUT2D eigenvalue weighted by Gasteiger charge is 2.02. The van der Waals surface area contributed by atoms with Crippen LogP contribution >= 0.6 is 0 Å². The van der Waals surface area contributed by atoms with Gasteiger partial charge in [-0.1, -0.05) is 29.1 Å². The fourth-order valence-corrected chi connectivity index (χ4v) is 0.787. The van der Waals surface area contributed by atoms with E-state index in [0.717, 1.165) is 0 Å². The van der Waals surface area contributed by atoms with Gasteiger partial charge in [-0.15, -0.1) is 0 Å². The Morgan fingerprint density at radius 3 is 2.45 bits per heavy atom. The average Bonchev–Trinajstić information content (AvgIpc) is 1.94. The summed E-state index contributed by atoms with van der Waals surface area (Å²) in [6.07, 6.45) is 0. The Kier molecular flexibility index (Phi) is 2.03. The van der Waals surface area contributed by atoms with Gasteiger partial charge >= 0.3 is 0 Å². The molecule has 0 aliphatic rings. The maximum atomic E-state index is 10.7. The molecule has 11 heavy (non-hydrogen) atoms. The number of rotatable bonds is 1. The van der Waals surface area contributed by atoms with Crippen LogP contribution in [-0.4, -0.2) is 21.6 Å². The highest BCUT2D eigenvalue weighted by atomic mass is 16.1. The highest BCUT2D eigenvalue weighted by Crippen LogP contribution is 1.89. The van der Waals surface area contributed by atoms with Gasteiger partial charge in [0.15, 0.2) is 0 Å². The van der Waals surface area contributed by atoms with Gasteiger partial charge in [0, 0.05) is 5.56 Å². The van der Waals surface area contributed by atoms with Gasteiger partial charge in [0.25, 0.3) is 0 Å². The van der Waals surface area contributed by atoms with Crippen LogP contribution in [-0.2, 0) is 0 Å². The van der Waals surface area contributed by atoms with Gasteiger partial charge in [-0.05, 0) is 0 Å². The SMILES string of the molecule is [B]c1ccc([B])c(C(N)=O)c1. The molecule has 4 heteroatoms. The van der Waals surface area contributed by atoms with Crippen molar-refractivity contribution in [3.05, 3.63) is 23.8 Å². The molecule has 2 nitrogen and oxygen atoms in total. The number of hydrogen-bond donors (Lipinski definition) is 1. The lowest BCUT2D eigenvalue weighted by molar-refractivity contribution is 0.100. The summed E-state index contributed by atoms with van der Waals surface area (Å²) in [4.78, 5) is 10.7. The van der Waals surface area contributed by atoms with Crippen LogP contribution in [0, 0.1) is 0 Å². The Labute approximate surface area is 67.6 Å². The van der Waals surface area contributed by atoms with E-state index in [9.17, 15) is 4.79 Å². The predicted molar refractivity (Wildman–Crippen MR) is 45.7 cm³/mol. The van der Waals surface area contributed by atoms with Crippen LogP contribution in [0.15, 0.2) is 18.2 Å². The third-order valence-corrected chi connectivity index (χ3v) is 1.34. The fraction of sp³-hybridized carbons (Fsp3) is 0. The molecule has 0 atom stereocenters. The van der Waals surface area contributed by atoms with Crippen molar-refractivity contribution < 1.29 is 4.79 Å². The summed E-state index contributed by atoms with van der Waals surface area (Å²) in [6.45, 7) is 0. The van der Waals surface area contributed by atoms with Crippen molar-refractivity contribution in [1.29, 1.82) is 0 Å². The first-order valence-electron chi connectivity index (χ1n) is 3.06. The number of hydrogen-bond acceptors (Lipinski definition) is 1. The molecule has 0 fully saturated rings. The molecule has 50 valence electrons. The molecular weight excluding hydrogens is 136 g/mol. The minimum atomic E-state index is -0.560. The molecule has 0 aromatic heterocycles. The van der Waals surface area contributed by atoms with Gasteiger partial charge in [-0.25, -0.2) is 0 Å². The number of amides is 1. The van der Waals surface area contributed by atoms with Gasteiger partial charge in [0.1, 0.15) is 15.7 Å². The van der Waals surface area contributed by atoms with E-state index in [-0.39, 0.29) is 5.56 Å². The zero-order valence-corrected chi connectivity index (χ0v) is 5.87. The Balaban J connectivity index is 3.23. The van der Waals surface area contributed by atoms with Crippen molar-refractivity contribution in [2.45, 2.75) is 0 Å². The lowest BCUT2D eigenvalue weighted by atomic mass is 9.85. The minimum absolute atomic E-state index is 0.269. The van der Waals surface area contributed by atoms with E-state index in [1.807, 2.05) is 0 Å². The van der Waals surface area contributed by atoms with E-state index >= 15 is 0 Å². The molecule has 1 rings (SSSR count). The molecule has 2 N–H and O–H groups in total. The van der Waals surface area contributed by atoms with E-state index in [2.05, 4.69) is 0 Å². The third kappa shape index (κ3) is 1.64. The molecule has 0 spiro atoms. The second-order valence-electron chi connectivity index (χ2n) is 2.21. The summed E-state index contributed by atoms with van der Waals surface area (Å²) in [6, 6.07) is 4.62. The minimum Gasteiger partial charge on any atom is -0.366 e. The van der Waals surface area contributed by atoms with E-state index in [1.165, 1.54) is 6.07 Å². The molecule has 0 saturated carbocycles. The Hall–Kier alpha value is -1.18. The van der Waals surface area contributed by atoms with Gasteiger partial charge < -0.3 is 5.73 Å². The molecule has 1 aromatic rings. The third-order valence-electron chi connectivity index (χ3n) is 1.34. The van der Waals surface area contributed by atoms with E-state index in [1.54, 1.807) is 12.1 Å². The molecule has 1 aromatic carbocycles. The van der Waals surface area contributed by atoms with E-state index < -0.39 is 5.91 Å². The van der Waals surface area contributed by atoms with Gasteiger partial charge in [-0.2, -0.15) is 0 Å². The highest BCUT2D eigenvalue weighted by molar-refractivity contribution is 6.38. The quantitative estimate of drug-likeness (QED) is 0.468. The second-order valence-corrected chi connectivity index (χ2v) is 2.21. The Bertz CT molecular complexity index is 298. The van der Waals surface area contributed by atoms with Crippen LogP contribution < -0.4 is 16.7 Å². The summed E-state index contributed by atoms with van der Waals surface area (Å²) in [7, 11) is 10.8. The first kappa shape index (κ1) is 7.92.